The van der Waals surface area contributed by atoms with Crippen LogP contribution in [0.1, 0.15) is 41.6 Å². The summed E-state index contributed by atoms with van der Waals surface area (Å²) in [4.78, 5) is 28.1. The molecule has 2 aromatic heterocycles. The van der Waals surface area contributed by atoms with Crippen LogP contribution in [0.5, 0.6) is 0 Å². The lowest BCUT2D eigenvalue weighted by Gasteiger charge is -2.13. The van der Waals surface area contributed by atoms with Crippen LogP contribution < -0.4 is 10.6 Å². The Morgan fingerprint density at radius 3 is 2.68 bits per heavy atom. The highest BCUT2D eigenvalue weighted by atomic mass is 16.2. The highest BCUT2D eigenvalue weighted by Gasteiger charge is 2.16. The monoisotopic (exact) mass is 378 g/mol. The first-order valence-electron chi connectivity index (χ1n) is 8.88. The minimum absolute atomic E-state index is 0.0849. The van der Waals surface area contributed by atoms with Gasteiger partial charge in [0.2, 0.25) is 5.91 Å². The second kappa shape index (κ2) is 8.43. The molecule has 0 radical (unpaired) electrons. The average molecular weight is 378 g/mol. The average Bonchev–Trinajstić information content (AvgIpc) is 3.13. The first kappa shape index (κ1) is 19.2. The fraction of sp³-hybridized carbons (Fsp3) is 0.250. The van der Waals surface area contributed by atoms with E-state index in [4.69, 9.17) is 0 Å². The summed E-state index contributed by atoms with van der Waals surface area (Å²) in [7, 11) is 1.83. The quantitative estimate of drug-likeness (QED) is 0.683. The van der Waals surface area contributed by atoms with E-state index in [2.05, 4.69) is 25.8 Å². The van der Waals surface area contributed by atoms with Gasteiger partial charge < -0.3 is 15.2 Å². The van der Waals surface area contributed by atoms with E-state index in [-0.39, 0.29) is 17.9 Å². The lowest BCUT2D eigenvalue weighted by Crippen LogP contribution is -2.28. The molecule has 0 saturated carbocycles. The fourth-order valence-electron chi connectivity index (χ4n) is 2.77. The smallest absolute Gasteiger partial charge is 0.251 e. The third-order valence-electron chi connectivity index (χ3n) is 4.27. The van der Waals surface area contributed by atoms with Gasteiger partial charge in [0.05, 0.1) is 11.7 Å². The van der Waals surface area contributed by atoms with Crippen LogP contribution in [-0.4, -0.2) is 31.6 Å². The van der Waals surface area contributed by atoms with Crippen LogP contribution in [0.15, 0.2) is 48.9 Å². The maximum atomic E-state index is 12.6. The molecule has 0 saturated heterocycles. The summed E-state index contributed by atoms with van der Waals surface area (Å²) >= 11 is 0. The molecule has 0 aliphatic heterocycles. The van der Waals surface area contributed by atoms with Crippen molar-refractivity contribution in [1.29, 1.82) is 0 Å². The summed E-state index contributed by atoms with van der Waals surface area (Å²) in [6.45, 7) is 3.77. The van der Waals surface area contributed by atoms with Gasteiger partial charge >= 0.3 is 0 Å². The van der Waals surface area contributed by atoms with Crippen LogP contribution >= 0.6 is 0 Å². The number of hydrogen-bond acceptors (Lipinski definition) is 5. The number of aryl methyl sites for hydroxylation is 1. The second-order valence-electron chi connectivity index (χ2n) is 6.54. The normalized spacial score (nSPS) is 11.7. The molecule has 1 aromatic carbocycles. The van der Waals surface area contributed by atoms with Crippen molar-refractivity contribution in [2.75, 3.05) is 0 Å². The predicted octanol–water partition coefficient (Wildman–Crippen LogP) is 2.00. The Balaban J connectivity index is 1.72. The van der Waals surface area contributed by atoms with Crippen LogP contribution in [0, 0.1) is 0 Å². The van der Waals surface area contributed by atoms with E-state index in [1.807, 2.05) is 38.2 Å². The standard InChI is InChI=1S/C20H22N6O2/c1-13(19-25-23-12-26(19)3)24-20(28)17-6-4-5-16(9-17)18-8-7-15(11-22-18)10-21-14(2)27/h4-9,11-13H,10H2,1-3H3,(H,21,27)(H,24,28)/t13-/m0/s1. The van der Waals surface area contributed by atoms with Gasteiger partial charge in [-0.1, -0.05) is 18.2 Å². The Hall–Kier alpha value is -3.55. The number of carbonyl (C=O) groups is 2. The molecule has 0 fully saturated rings. The van der Waals surface area contributed by atoms with Crippen LogP contribution in [0.25, 0.3) is 11.3 Å². The number of pyridine rings is 1. The molecule has 0 spiro atoms. The lowest BCUT2D eigenvalue weighted by molar-refractivity contribution is -0.119. The molecule has 3 aromatic rings. The maximum Gasteiger partial charge on any atom is 0.251 e. The molecule has 2 amide bonds. The highest BCUT2D eigenvalue weighted by Crippen LogP contribution is 2.19. The Morgan fingerprint density at radius 1 is 1.21 bits per heavy atom. The molecule has 0 bridgehead atoms. The van der Waals surface area contributed by atoms with Crippen molar-refractivity contribution < 1.29 is 9.59 Å². The molecule has 2 N–H and O–H groups in total. The van der Waals surface area contributed by atoms with Crippen molar-refractivity contribution in [3.8, 4) is 11.3 Å². The van der Waals surface area contributed by atoms with Crippen molar-refractivity contribution in [3.05, 3.63) is 65.9 Å². The Bertz CT molecular complexity index is 980. The van der Waals surface area contributed by atoms with E-state index in [0.29, 0.717) is 17.9 Å². The lowest BCUT2D eigenvalue weighted by atomic mass is 10.1. The van der Waals surface area contributed by atoms with Crippen LogP contribution in [0.2, 0.25) is 0 Å². The number of nitrogens with zero attached hydrogens (tertiary/aromatic N) is 4. The first-order chi connectivity index (χ1) is 13.4. The van der Waals surface area contributed by atoms with Gasteiger partial charge in [0.15, 0.2) is 5.82 Å². The fourth-order valence-corrected chi connectivity index (χ4v) is 2.77. The van der Waals surface area contributed by atoms with Gasteiger partial charge in [-0.25, -0.2) is 0 Å². The van der Waals surface area contributed by atoms with E-state index >= 15 is 0 Å². The molecule has 0 unspecified atom stereocenters. The van der Waals surface area contributed by atoms with Crippen molar-refractivity contribution in [2.24, 2.45) is 7.05 Å². The highest BCUT2D eigenvalue weighted by molar-refractivity contribution is 5.95. The van der Waals surface area contributed by atoms with E-state index in [0.717, 1.165) is 16.8 Å². The minimum Gasteiger partial charge on any atom is -0.352 e. The topological polar surface area (TPSA) is 102 Å². The first-order valence-corrected chi connectivity index (χ1v) is 8.88. The number of rotatable bonds is 6. The Morgan fingerprint density at radius 2 is 2.04 bits per heavy atom. The molecule has 3 rings (SSSR count). The van der Waals surface area contributed by atoms with Gasteiger partial charge in [-0.05, 0) is 30.7 Å². The van der Waals surface area contributed by atoms with Crippen LogP contribution in [-0.2, 0) is 18.4 Å². The van der Waals surface area contributed by atoms with Gasteiger partial charge in [0, 0.05) is 37.8 Å². The van der Waals surface area contributed by atoms with Crippen molar-refractivity contribution in [1.82, 2.24) is 30.4 Å². The SMILES string of the molecule is CC(=O)NCc1ccc(-c2cccc(C(=O)N[C@@H](C)c3nncn3C)c2)nc1. The summed E-state index contributed by atoms with van der Waals surface area (Å²) in [5.41, 5.74) is 3.04. The predicted molar refractivity (Wildman–Crippen MR) is 104 cm³/mol. The van der Waals surface area contributed by atoms with Crippen molar-refractivity contribution in [2.45, 2.75) is 26.4 Å². The molecule has 144 valence electrons. The van der Waals surface area contributed by atoms with Gasteiger partial charge in [-0.2, -0.15) is 0 Å². The molecule has 1 atom stereocenters. The molecule has 8 nitrogen and oxygen atoms in total. The van der Waals surface area contributed by atoms with Crippen LogP contribution in [0.3, 0.4) is 0 Å². The van der Waals surface area contributed by atoms with Gasteiger partial charge in [0.1, 0.15) is 6.33 Å². The zero-order valence-electron chi connectivity index (χ0n) is 16.0. The summed E-state index contributed by atoms with van der Waals surface area (Å²) in [6, 6.07) is 10.8. The van der Waals surface area contributed by atoms with Crippen molar-refractivity contribution in [3.63, 3.8) is 0 Å². The number of aromatic nitrogens is 4. The number of amides is 2. The summed E-state index contributed by atoms with van der Waals surface area (Å²) in [5.74, 6) is 0.402. The van der Waals surface area contributed by atoms with E-state index in [9.17, 15) is 9.59 Å². The summed E-state index contributed by atoms with van der Waals surface area (Å²) in [5, 5.41) is 13.5. The molecule has 2 heterocycles. The summed E-state index contributed by atoms with van der Waals surface area (Å²) < 4.78 is 1.77. The van der Waals surface area contributed by atoms with Gasteiger partial charge in [-0.3, -0.25) is 14.6 Å². The summed E-state index contributed by atoms with van der Waals surface area (Å²) in [6.07, 6.45) is 3.31. The van der Waals surface area contributed by atoms with E-state index in [1.165, 1.54) is 6.92 Å². The Kier molecular flexibility index (Phi) is 5.78. The molecule has 0 aliphatic rings. The molecule has 28 heavy (non-hydrogen) atoms. The zero-order chi connectivity index (χ0) is 20.1. The third kappa shape index (κ3) is 4.59. The molecule has 8 heteroatoms. The van der Waals surface area contributed by atoms with Gasteiger partial charge in [0.25, 0.3) is 5.91 Å². The van der Waals surface area contributed by atoms with E-state index in [1.54, 1.807) is 29.2 Å². The Labute approximate surface area is 163 Å². The third-order valence-corrected chi connectivity index (χ3v) is 4.27. The van der Waals surface area contributed by atoms with E-state index < -0.39 is 0 Å². The zero-order valence-corrected chi connectivity index (χ0v) is 16.0. The number of benzene rings is 1. The van der Waals surface area contributed by atoms with Gasteiger partial charge in [-0.15, -0.1) is 10.2 Å². The maximum absolute atomic E-state index is 12.6. The number of hydrogen-bond donors (Lipinski definition) is 2. The number of carbonyl (C=O) groups excluding carboxylic acids is 2. The van der Waals surface area contributed by atoms with Crippen molar-refractivity contribution >= 4 is 11.8 Å². The molecular formula is C20H22N6O2. The second-order valence-corrected chi connectivity index (χ2v) is 6.54. The number of nitrogens with one attached hydrogen (secondary N) is 2. The molecular weight excluding hydrogens is 356 g/mol. The molecule has 0 aliphatic carbocycles. The largest absolute Gasteiger partial charge is 0.352 e. The van der Waals surface area contributed by atoms with Crippen LogP contribution in [0.4, 0.5) is 0 Å². The minimum atomic E-state index is -0.269.